The molecule has 0 spiro atoms. The molecule has 0 aliphatic rings. The molecular weight excluding hydrogens is 194 g/mol. The van der Waals surface area contributed by atoms with E-state index < -0.39 is 10.3 Å². The lowest BCUT2D eigenvalue weighted by molar-refractivity contribution is 0.473. The van der Waals surface area contributed by atoms with Crippen LogP contribution in [0.2, 0.25) is 0 Å². The molecule has 0 saturated heterocycles. The number of rotatable bonds is 3. The lowest BCUT2D eigenvalue weighted by Crippen LogP contribution is -2.33. The zero-order valence-electron chi connectivity index (χ0n) is 6.80. The summed E-state index contributed by atoms with van der Waals surface area (Å²) in [5, 5.41) is 0. The Morgan fingerprint density at radius 1 is 1.23 bits per heavy atom. The highest BCUT2D eigenvalue weighted by atomic mass is 32.2. The minimum absolute atomic E-state index is 0. The van der Waals surface area contributed by atoms with Gasteiger partial charge in [-0.15, -0.1) is 4.83 Å². The van der Waals surface area contributed by atoms with E-state index in [4.69, 9.17) is 5.84 Å². The molecule has 7 heteroatoms. The van der Waals surface area contributed by atoms with E-state index in [0.717, 1.165) is 0 Å². The second-order valence-corrected chi connectivity index (χ2v) is 3.28. The summed E-state index contributed by atoms with van der Waals surface area (Å²) in [6, 6.07) is 8.07. The van der Waals surface area contributed by atoms with Crippen LogP contribution in [0.4, 0.5) is 0 Å². The topological polar surface area (TPSA) is 116 Å². The number of para-hydroxylation sites is 1. The fourth-order valence-corrected chi connectivity index (χ4v) is 1.04. The minimum atomic E-state index is -3.84. The molecule has 0 bridgehead atoms. The van der Waals surface area contributed by atoms with E-state index in [-0.39, 0.29) is 11.9 Å². The molecule has 1 aromatic rings. The maximum Gasteiger partial charge on any atom is 0.395 e. The van der Waals surface area contributed by atoms with Crippen molar-refractivity contribution >= 4 is 10.3 Å². The highest BCUT2D eigenvalue weighted by Crippen LogP contribution is 2.09. The Kier molecular flexibility index (Phi) is 4.35. The molecule has 0 radical (unpaired) electrons. The number of hydrogen-bond donors (Lipinski definition) is 3. The van der Waals surface area contributed by atoms with Gasteiger partial charge >= 0.3 is 10.3 Å². The van der Waals surface area contributed by atoms with E-state index in [1.165, 1.54) is 17.0 Å². The number of nitrogens with one attached hydrogen (secondary N) is 1. The van der Waals surface area contributed by atoms with Crippen LogP contribution in [-0.2, 0) is 10.3 Å². The molecule has 0 aromatic heterocycles. The second kappa shape index (κ2) is 4.77. The van der Waals surface area contributed by atoms with Crippen molar-refractivity contribution in [1.29, 1.82) is 0 Å². The SMILES string of the molecule is N.NNS(=O)(=O)Oc1ccccc1. The number of nitrogens with two attached hydrogens (primary N) is 1. The zero-order valence-corrected chi connectivity index (χ0v) is 7.62. The van der Waals surface area contributed by atoms with E-state index in [1.54, 1.807) is 18.2 Å². The van der Waals surface area contributed by atoms with Crippen molar-refractivity contribution in [1.82, 2.24) is 11.0 Å². The van der Waals surface area contributed by atoms with Crippen LogP contribution in [0, 0.1) is 0 Å². The number of hydrazine groups is 1. The molecule has 0 amide bonds. The molecule has 13 heavy (non-hydrogen) atoms. The minimum Gasteiger partial charge on any atom is -0.370 e. The average Bonchev–Trinajstić information content (AvgIpc) is 2.06. The molecule has 0 aliphatic carbocycles. The fourth-order valence-electron chi connectivity index (χ4n) is 0.627. The van der Waals surface area contributed by atoms with Crippen molar-refractivity contribution in [2.24, 2.45) is 5.84 Å². The highest BCUT2D eigenvalue weighted by Gasteiger charge is 2.07. The van der Waals surface area contributed by atoms with Crippen molar-refractivity contribution in [3.8, 4) is 5.75 Å². The van der Waals surface area contributed by atoms with Crippen LogP contribution in [0.15, 0.2) is 30.3 Å². The molecule has 0 heterocycles. The van der Waals surface area contributed by atoms with Crippen LogP contribution >= 0.6 is 0 Å². The Labute approximate surface area is 76.5 Å². The van der Waals surface area contributed by atoms with Gasteiger partial charge in [-0.2, -0.15) is 8.42 Å². The molecule has 6 nitrogen and oxygen atoms in total. The first kappa shape index (κ1) is 11.8. The van der Waals surface area contributed by atoms with Crippen LogP contribution in [-0.4, -0.2) is 8.42 Å². The maximum absolute atomic E-state index is 10.7. The third-order valence-electron chi connectivity index (χ3n) is 1.09. The summed E-state index contributed by atoms with van der Waals surface area (Å²) in [4.78, 5) is 1.54. The average molecular weight is 205 g/mol. The quantitative estimate of drug-likeness (QED) is 0.472. The molecule has 1 aromatic carbocycles. The number of benzene rings is 1. The van der Waals surface area contributed by atoms with Crippen LogP contribution in [0.5, 0.6) is 5.75 Å². The van der Waals surface area contributed by atoms with E-state index >= 15 is 0 Å². The van der Waals surface area contributed by atoms with Gasteiger partial charge in [0.05, 0.1) is 0 Å². The maximum atomic E-state index is 10.7. The fraction of sp³-hybridized carbons (Fsp3) is 0. The van der Waals surface area contributed by atoms with E-state index in [1.807, 2.05) is 0 Å². The molecular formula is C6H11N3O3S. The van der Waals surface area contributed by atoms with Crippen LogP contribution in [0.25, 0.3) is 0 Å². The molecule has 0 saturated carbocycles. The molecule has 1 rings (SSSR count). The standard InChI is InChI=1S/C6H8N2O3S.H3N/c7-8-12(9,10)11-6-4-2-1-3-5-6;/h1-5,8H,7H2;1H3. The van der Waals surface area contributed by atoms with Crippen molar-refractivity contribution in [3.63, 3.8) is 0 Å². The summed E-state index contributed by atoms with van der Waals surface area (Å²) < 4.78 is 25.9. The largest absolute Gasteiger partial charge is 0.395 e. The third kappa shape index (κ3) is 3.85. The van der Waals surface area contributed by atoms with Crippen molar-refractivity contribution in [2.75, 3.05) is 0 Å². The first-order valence-electron chi connectivity index (χ1n) is 3.11. The van der Waals surface area contributed by atoms with Gasteiger partial charge in [-0.25, -0.2) is 0 Å². The van der Waals surface area contributed by atoms with Crippen LogP contribution in [0.3, 0.4) is 0 Å². The molecule has 74 valence electrons. The zero-order chi connectivity index (χ0) is 9.03. The Morgan fingerprint density at radius 2 is 1.77 bits per heavy atom. The molecule has 0 unspecified atom stereocenters. The highest BCUT2D eigenvalue weighted by molar-refractivity contribution is 7.85. The van der Waals surface area contributed by atoms with E-state index in [2.05, 4.69) is 4.18 Å². The van der Waals surface area contributed by atoms with E-state index in [0.29, 0.717) is 0 Å². The van der Waals surface area contributed by atoms with Gasteiger partial charge in [-0.3, -0.25) is 5.84 Å². The number of hydrogen-bond acceptors (Lipinski definition) is 5. The van der Waals surface area contributed by atoms with Crippen molar-refractivity contribution < 1.29 is 12.6 Å². The summed E-state index contributed by atoms with van der Waals surface area (Å²) in [7, 11) is -3.84. The van der Waals surface area contributed by atoms with Gasteiger partial charge in [0.15, 0.2) is 0 Å². The van der Waals surface area contributed by atoms with Crippen LogP contribution < -0.4 is 21.0 Å². The van der Waals surface area contributed by atoms with Gasteiger partial charge < -0.3 is 10.3 Å². The van der Waals surface area contributed by atoms with Crippen molar-refractivity contribution in [3.05, 3.63) is 30.3 Å². The monoisotopic (exact) mass is 205 g/mol. The van der Waals surface area contributed by atoms with Crippen LogP contribution in [0.1, 0.15) is 0 Å². The van der Waals surface area contributed by atoms with Gasteiger partial charge in [0.2, 0.25) is 0 Å². The van der Waals surface area contributed by atoms with E-state index in [9.17, 15) is 8.42 Å². The van der Waals surface area contributed by atoms with Crippen molar-refractivity contribution in [2.45, 2.75) is 0 Å². The summed E-state index contributed by atoms with van der Waals surface area (Å²) in [6.45, 7) is 0. The normalized spacial score (nSPS) is 10.2. The predicted molar refractivity (Wildman–Crippen MR) is 48.3 cm³/mol. The molecule has 0 aliphatic heterocycles. The summed E-state index contributed by atoms with van der Waals surface area (Å²) in [5.41, 5.74) is 0. The van der Waals surface area contributed by atoms with Gasteiger partial charge in [0.25, 0.3) is 0 Å². The molecule has 0 fully saturated rings. The Morgan fingerprint density at radius 3 is 2.23 bits per heavy atom. The smallest absolute Gasteiger partial charge is 0.370 e. The molecule has 0 atom stereocenters. The lowest BCUT2D eigenvalue weighted by atomic mass is 10.3. The summed E-state index contributed by atoms with van der Waals surface area (Å²) in [6.07, 6.45) is 0. The Hall–Kier alpha value is -1.15. The van der Waals surface area contributed by atoms with Gasteiger partial charge in [-0.1, -0.05) is 18.2 Å². The summed E-state index contributed by atoms with van der Waals surface area (Å²) in [5.74, 6) is 4.91. The van der Waals surface area contributed by atoms with Gasteiger partial charge in [0, 0.05) is 0 Å². The van der Waals surface area contributed by atoms with Gasteiger partial charge in [-0.05, 0) is 12.1 Å². The molecule has 6 N–H and O–H groups in total. The summed E-state index contributed by atoms with van der Waals surface area (Å²) >= 11 is 0. The Balaban J connectivity index is 0.00000144. The first-order chi connectivity index (χ1) is 5.64. The first-order valence-corrected chi connectivity index (χ1v) is 4.52. The second-order valence-electron chi connectivity index (χ2n) is 1.97. The lowest BCUT2D eigenvalue weighted by Gasteiger charge is -2.03. The predicted octanol–water partition coefficient (Wildman–Crippen LogP) is -0.0645. The Bertz CT molecular complexity index is 337. The third-order valence-corrected chi connectivity index (χ3v) is 1.79. The van der Waals surface area contributed by atoms with Gasteiger partial charge in [0.1, 0.15) is 5.75 Å².